The molecule has 2 aliphatic heterocycles. The molecule has 1 aromatic carbocycles. The van der Waals surface area contributed by atoms with Crippen molar-refractivity contribution in [2.45, 2.75) is 44.8 Å². The molecule has 0 N–H and O–H groups in total. The lowest BCUT2D eigenvalue weighted by Crippen LogP contribution is -2.42. The predicted molar refractivity (Wildman–Crippen MR) is 77.3 cm³/mol. The molecular formula is C15H18N2O4. The van der Waals surface area contributed by atoms with Crippen molar-refractivity contribution in [3.05, 3.63) is 33.9 Å². The Morgan fingerprint density at radius 1 is 1.43 bits per heavy atom. The van der Waals surface area contributed by atoms with Crippen molar-refractivity contribution in [2.75, 3.05) is 11.4 Å². The average Bonchev–Trinajstić information content (AvgIpc) is 2.91. The molecule has 3 rings (SSSR count). The van der Waals surface area contributed by atoms with Crippen LogP contribution in [0, 0.1) is 10.1 Å². The normalized spacial score (nSPS) is 24.7. The van der Waals surface area contributed by atoms with E-state index in [1.165, 1.54) is 6.07 Å². The van der Waals surface area contributed by atoms with Crippen molar-refractivity contribution in [1.82, 2.24) is 0 Å². The zero-order valence-electron chi connectivity index (χ0n) is 11.9. The molecule has 1 saturated heterocycles. The average molecular weight is 290 g/mol. The van der Waals surface area contributed by atoms with E-state index in [1.807, 2.05) is 6.92 Å². The summed E-state index contributed by atoms with van der Waals surface area (Å²) in [6.07, 6.45) is 2.68. The third kappa shape index (κ3) is 2.51. The van der Waals surface area contributed by atoms with Crippen LogP contribution in [0.15, 0.2) is 18.2 Å². The van der Waals surface area contributed by atoms with E-state index < -0.39 is 6.10 Å². The molecule has 6 heteroatoms. The molecule has 0 radical (unpaired) electrons. The summed E-state index contributed by atoms with van der Waals surface area (Å²) in [5, 5.41) is 11.1. The molecule has 0 spiro atoms. The van der Waals surface area contributed by atoms with Crippen LogP contribution < -0.4 is 4.90 Å². The number of hydrogen-bond acceptors (Lipinski definition) is 4. The summed E-state index contributed by atoms with van der Waals surface area (Å²) in [4.78, 5) is 25.0. The van der Waals surface area contributed by atoms with Crippen molar-refractivity contribution in [2.24, 2.45) is 0 Å². The summed E-state index contributed by atoms with van der Waals surface area (Å²) in [6, 6.07) is 4.93. The van der Waals surface area contributed by atoms with Gasteiger partial charge in [-0.2, -0.15) is 0 Å². The number of carbonyl (C=O) groups excluding carboxylic acids is 1. The molecule has 1 amide bonds. The van der Waals surface area contributed by atoms with E-state index in [4.69, 9.17) is 4.74 Å². The van der Waals surface area contributed by atoms with Crippen LogP contribution in [0.4, 0.5) is 11.4 Å². The van der Waals surface area contributed by atoms with Crippen molar-refractivity contribution in [1.29, 1.82) is 0 Å². The largest absolute Gasteiger partial charge is 0.365 e. The number of benzene rings is 1. The number of fused-ring (bicyclic) bond motifs is 1. The molecule has 21 heavy (non-hydrogen) atoms. The molecule has 2 atom stereocenters. The molecule has 0 aromatic heterocycles. The maximum absolute atomic E-state index is 12.6. The third-order valence-corrected chi connectivity index (χ3v) is 4.20. The Morgan fingerprint density at radius 3 is 2.90 bits per heavy atom. The van der Waals surface area contributed by atoms with Crippen LogP contribution in [0.25, 0.3) is 0 Å². The Balaban J connectivity index is 1.92. The lowest BCUT2D eigenvalue weighted by atomic mass is 9.99. The van der Waals surface area contributed by atoms with E-state index in [-0.39, 0.29) is 22.6 Å². The van der Waals surface area contributed by atoms with Crippen LogP contribution in [-0.4, -0.2) is 29.6 Å². The molecular weight excluding hydrogens is 272 g/mol. The van der Waals surface area contributed by atoms with E-state index in [1.54, 1.807) is 17.0 Å². The van der Waals surface area contributed by atoms with Crippen LogP contribution in [0.3, 0.4) is 0 Å². The lowest BCUT2D eigenvalue weighted by Gasteiger charge is -2.31. The van der Waals surface area contributed by atoms with Crippen molar-refractivity contribution in [3.8, 4) is 0 Å². The molecule has 1 aromatic rings. The van der Waals surface area contributed by atoms with Crippen LogP contribution in [0.5, 0.6) is 0 Å². The van der Waals surface area contributed by atoms with Crippen molar-refractivity contribution in [3.63, 3.8) is 0 Å². The van der Waals surface area contributed by atoms with Crippen LogP contribution in [0.2, 0.25) is 0 Å². The van der Waals surface area contributed by atoms with Gasteiger partial charge in [0.1, 0.15) is 6.10 Å². The van der Waals surface area contributed by atoms with Gasteiger partial charge < -0.3 is 9.64 Å². The van der Waals surface area contributed by atoms with Gasteiger partial charge in [-0.15, -0.1) is 0 Å². The van der Waals surface area contributed by atoms with Crippen molar-refractivity contribution < 1.29 is 14.5 Å². The highest BCUT2D eigenvalue weighted by Crippen LogP contribution is 2.35. The van der Waals surface area contributed by atoms with Crippen LogP contribution >= 0.6 is 0 Å². The first-order chi connectivity index (χ1) is 10.1. The number of anilines is 1. The number of ether oxygens (including phenoxy) is 1. The summed E-state index contributed by atoms with van der Waals surface area (Å²) >= 11 is 0. The van der Waals surface area contributed by atoms with Gasteiger partial charge in [-0.3, -0.25) is 14.9 Å². The van der Waals surface area contributed by atoms with Gasteiger partial charge in [0.2, 0.25) is 0 Å². The first kappa shape index (κ1) is 14.0. The Hall–Kier alpha value is -1.95. The molecule has 2 aliphatic rings. The molecule has 0 aliphatic carbocycles. The number of nitro benzene ring substituents is 1. The summed E-state index contributed by atoms with van der Waals surface area (Å²) in [7, 11) is 0. The molecule has 6 nitrogen and oxygen atoms in total. The molecule has 0 bridgehead atoms. The Bertz CT molecular complexity index is 587. The lowest BCUT2D eigenvalue weighted by molar-refractivity contribution is -0.385. The SMILES string of the molecule is CC1CCC(C(=O)N2CCCc3c2cccc3[N+](=O)[O-])O1. The topological polar surface area (TPSA) is 72.7 Å². The maximum Gasteiger partial charge on any atom is 0.274 e. The van der Waals surface area contributed by atoms with E-state index in [0.29, 0.717) is 24.2 Å². The fourth-order valence-corrected chi connectivity index (χ4v) is 3.16. The smallest absolute Gasteiger partial charge is 0.274 e. The van der Waals surface area contributed by atoms with Crippen LogP contribution in [-0.2, 0) is 16.0 Å². The van der Waals surface area contributed by atoms with E-state index >= 15 is 0 Å². The molecule has 1 fully saturated rings. The fourth-order valence-electron chi connectivity index (χ4n) is 3.16. The standard InChI is InChI=1S/C15H18N2O4/c1-10-7-8-14(21-10)15(18)16-9-3-4-11-12(16)5-2-6-13(11)17(19)20/h2,5-6,10,14H,3-4,7-9H2,1H3. The number of nitro groups is 1. The number of hydrogen-bond donors (Lipinski definition) is 0. The van der Waals surface area contributed by atoms with Gasteiger partial charge in [0.05, 0.1) is 22.3 Å². The van der Waals surface area contributed by atoms with E-state index in [2.05, 4.69) is 0 Å². The third-order valence-electron chi connectivity index (χ3n) is 4.20. The van der Waals surface area contributed by atoms with Gasteiger partial charge in [0.25, 0.3) is 11.6 Å². The maximum atomic E-state index is 12.6. The minimum atomic E-state index is -0.412. The van der Waals surface area contributed by atoms with E-state index in [9.17, 15) is 14.9 Å². The number of amides is 1. The van der Waals surface area contributed by atoms with Gasteiger partial charge in [-0.05, 0) is 38.7 Å². The summed E-state index contributed by atoms with van der Waals surface area (Å²) in [5.41, 5.74) is 1.43. The Kier molecular flexibility index (Phi) is 3.63. The summed E-state index contributed by atoms with van der Waals surface area (Å²) in [5.74, 6) is -0.0687. The Labute approximate surface area is 122 Å². The number of rotatable bonds is 2. The second-order valence-corrected chi connectivity index (χ2v) is 5.64. The second-order valence-electron chi connectivity index (χ2n) is 5.64. The predicted octanol–water partition coefficient (Wildman–Crippen LogP) is 2.44. The van der Waals surface area contributed by atoms with Gasteiger partial charge in [0, 0.05) is 12.6 Å². The minimum Gasteiger partial charge on any atom is -0.365 e. The van der Waals surface area contributed by atoms with Gasteiger partial charge in [-0.1, -0.05) is 6.07 Å². The zero-order chi connectivity index (χ0) is 15.0. The van der Waals surface area contributed by atoms with Gasteiger partial charge in [0.15, 0.2) is 0 Å². The number of nitrogens with zero attached hydrogens (tertiary/aromatic N) is 2. The highest BCUT2D eigenvalue weighted by Gasteiger charge is 2.35. The highest BCUT2D eigenvalue weighted by molar-refractivity contribution is 5.98. The first-order valence-corrected chi connectivity index (χ1v) is 7.31. The zero-order valence-corrected chi connectivity index (χ0v) is 11.9. The van der Waals surface area contributed by atoms with Crippen molar-refractivity contribution >= 4 is 17.3 Å². The first-order valence-electron chi connectivity index (χ1n) is 7.31. The highest BCUT2D eigenvalue weighted by atomic mass is 16.6. The van der Waals surface area contributed by atoms with Gasteiger partial charge in [-0.25, -0.2) is 0 Å². The molecule has 112 valence electrons. The molecule has 2 heterocycles. The quantitative estimate of drug-likeness (QED) is 0.619. The van der Waals surface area contributed by atoms with Gasteiger partial charge >= 0.3 is 0 Å². The van der Waals surface area contributed by atoms with E-state index in [0.717, 1.165) is 19.3 Å². The Morgan fingerprint density at radius 2 is 2.24 bits per heavy atom. The summed E-state index contributed by atoms with van der Waals surface area (Å²) < 4.78 is 5.64. The monoisotopic (exact) mass is 290 g/mol. The second kappa shape index (κ2) is 5.44. The summed E-state index contributed by atoms with van der Waals surface area (Å²) in [6.45, 7) is 2.56. The number of carbonyl (C=O) groups is 1. The fraction of sp³-hybridized carbons (Fsp3) is 0.533. The van der Waals surface area contributed by atoms with Crippen LogP contribution in [0.1, 0.15) is 31.7 Å². The minimum absolute atomic E-state index is 0.0687. The molecule has 2 unspecified atom stereocenters. The molecule has 0 saturated carbocycles.